The summed E-state index contributed by atoms with van der Waals surface area (Å²) in [5.41, 5.74) is 0. The van der Waals surface area contributed by atoms with E-state index < -0.39 is 44.0 Å². The van der Waals surface area contributed by atoms with Crippen LogP contribution in [-0.2, 0) is 9.59 Å². The third-order valence-electron chi connectivity index (χ3n) is 1.60. The van der Waals surface area contributed by atoms with Gasteiger partial charge in [0.25, 0.3) is 6.43 Å². The normalized spacial score (nSPS) is 9.88. The van der Waals surface area contributed by atoms with Gasteiger partial charge in [0, 0.05) is 7.05 Å². The van der Waals surface area contributed by atoms with Crippen LogP contribution in [0.4, 0.5) is 13.6 Å². The van der Waals surface area contributed by atoms with E-state index in [0.29, 0.717) is 0 Å². The Balaban J connectivity index is 3.83. The smallest absolute Gasteiger partial charge is 0.322 e. The highest BCUT2D eigenvalue weighted by Gasteiger charge is 2.14. The van der Waals surface area contributed by atoms with Gasteiger partial charge in [0.1, 0.15) is 6.54 Å². The number of rotatable bonds is 6. The Morgan fingerprint density at radius 3 is 2.29 bits per heavy atom. The number of carboxylic acids is 1. The van der Waals surface area contributed by atoms with Crippen molar-refractivity contribution in [2.75, 3.05) is 26.7 Å². The van der Waals surface area contributed by atoms with Crippen molar-refractivity contribution in [2.24, 2.45) is 0 Å². The van der Waals surface area contributed by atoms with Gasteiger partial charge in [-0.2, -0.15) is 0 Å². The number of nitrogens with one attached hydrogen (secondary N) is 2. The molecule has 0 heterocycles. The number of halogens is 2. The fraction of sp³-hybridized carbons (Fsp3) is 0.625. The van der Waals surface area contributed by atoms with E-state index in [4.69, 9.17) is 5.11 Å². The molecule has 3 amide bonds. The van der Waals surface area contributed by atoms with Crippen molar-refractivity contribution >= 4 is 17.9 Å². The highest BCUT2D eigenvalue weighted by atomic mass is 19.3. The lowest BCUT2D eigenvalue weighted by atomic mass is 10.5. The molecule has 0 radical (unpaired) electrons. The molecule has 0 unspecified atom stereocenters. The Morgan fingerprint density at radius 1 is 1.24 bits per heavy atom. The average molecular weight is 253 g/mol. The Bertz CT molecular complexity index is 298. The van der Waals surface area contributed by atoms with Crippen LogP contribution in [0.25, 0.3) is 0 Å². The van der Waals surface area contributed by atoms with Gasteiger partial charge in [-0.3, -0.25) is 9.59 Å². The van der Waals surface area contributed by atoms with E-state index in [1.807, 2.05) is 5.32 Å². The van der Waals surface area contributed by atoms with Crippen molar-refractivity contribution in [1.82, 2.24) is 15.5 Å². The van der Waals surface area contributed by atoms with Crippen LogP contribution < -0.4 is 10.6 Å². The van der Waals surface area contributed by atoms with Gasteiger partial charge in [0.2, 0.25) is 5.91 Å². The number of alkyl halides is 2. The first-order valence-electron chi connectivity index (χ1n) is 4.58. The minimum atomic E-state index is -2.66. The standard InChI is InChI=1S/C8H13F2N3O4/c1-13(4-5(9)10)8(17)12-2-6(14)11-3-7(15)16/h5H,2-4H2,1H3,(H,11,14)(H,12,17)(H,15,16). The van der Waals surface area contributed by atoms with Crippen molar-refractivity contribution in [3.63, 3.8) is 0 Å². The maximum absolute atomic E-state index is 11.9. The molecule has 0 bridgehead atoms. The maximum atomic E-state index is 11.9. The molecule has 0 saturated heterocycles. The van der Waals surface area contributed by atoms with E-state index in [-0.39, 0.29) is 0 Å². The van der Waals surface area contributed by atoms with Crippen molar-refractivity contribution in [3.05, 3.63) is 0 Å². The van der Waals surface area contributed by atoms with Crippen LogP contribution in [0, 0.1) is 0 Å². The van der Waals surface area contributed by atoms with E-state index in [0.717, 1.165) is 11.9 Å². The fourth-order valence-corrected chi connectivity index (χ4v) is 0.817. The van der Waals surface area contributed by atoms with Crippen LogP contribution in [0.5, 0.6) is 0 Å². The molecule has 0 aliphatic rings. The Hall–Kier alpha value is -1.93. The molecule has 0 saturated carbocycles. The van der Waals surface area contributed by atoms with Crippen LogP contribution >= 0.6 is 0 Å². The molecule has 0 aromatic carbocycles. The number of amides is 3. The molecule has 0 atom stereocenters. The minimum absolute atomic E-state index is 0.473. The van der Waals surface area contributed by atoms with Gasteiger partial charge in [-0.1, -0.05) is 0 Å². The van der Waals surface area contributed by atoms with Crippen LogP contribution in [0.1, 0.15) is 0 Å². The molecule has 0 aliphatic heterocycles. The summed E-state index contributed by atoms with van der Waals surface area (Å²) in [6, 6.07) is -0.837. The summed E-state index contributed by atoms with van der Waals surface area (Å²) >= 11 is 0. The highest BCUT2D eigenvalue weighted by molar-refractivity contribution is 5.86. The lowest BCUT2D eigenvalue weighted by Gasteiger charge is -2.16. The Kier molecular flexibility index (Phi) is 6.53. The van der Waals surface area contributed by atoms with Crippen LogP contribution in [0.2, 0.25) is 0 Å². The van der Waals surface area contributed by atoms with Crippen molar-refractivity contribution in [1.29, 1.82) is 0 Å². The predicted molar refractivity (Wildman–Crippen MR) is 52.7 cm³/mol. The highest BCUT2D eigenvalue weighted by Crippen LogP contribution is 1.95. The molecule has 0 aromatic rings. The number of carbonyl (C=O) groups excluding carboxylic acids is 2. The zero-order valence-corrected chi connectivity index (χ0v) is 9.07. The lowest BCUT2D eigenvalue weighted by Crippen LogP contribution is -2.44. The minimum Gasteiger partial charge on any atom is -0.480 e. The predicted octanol–water partition coefficient (Wildman–Crippen LogP) is -0.906. The summed E-state index contributed by atoms with van der Waals surface area (Å²) in [6.07, 6.45) is -2.66. The van der Waals surface area contributed by atoms with Crippen LogP contribution in [-0.4, -0.2) is 61.0 Å². The van der Waals surface area contributed by atoms with E-state index in [9.17, 15) is 23.2 Å². The quantitative estimate of drug-likeness (QED) is 0.571. The summed E-state index contributed by atoms with van der Waals surface area (Å²) < 4.78 is 23.8. The number of hydrogen-bond donors (Lipinski definition) is 3. The van der Waals surface area contributed by atoms with Gasteiger partial charge in [-0.25, -0.2) is 13.6 Å². The molecular weight excluding hydrogens is 240 g/mol. The lowest BCUT2D eigenvalue weighted by molar-refractivity contribution is -0.137. The molecule has 0 spiro atoms. The van der Waals surface area contributed by atoms with Crippen LogP contribution in [0.3, 0.4) is 0 Å². The van der Waals surface area contributed by atoms with Gasteiger partial charge in [-0.15, -0.1) is 0 Å². The number of carboxylic acid groups (broad SMARTS) is 1. The number of nitrogens with zero attached hydrogens (tertiary/aromatic N) is 1. The number of aliphatic carboxylic acids is 1. The Labute approximate surface area is 95.8 Å². The van der Waals surface area contributed by atoms with Gasteiger partial charge >= 0.3 is 12.0 Å². The number of hydrogen-bond acceptors (Lipinski definition) is 3. The summed E-state index contributed by atoms with van der Waals surface area (Å²) in [4.78, 5) is 32.8. The molecule has 0 aliphatic carbocycles. The van der Waals surface area contributed by atoms with Gasteiger partial charge in [-0.05, 0) is 0 Å². The summed E-state index contributed by atoms with van der Waals surface area (Å²) in [6.45, 7) is -1.79. The molecule has 0 rings (SSSR count). The van der Waals surface area contributed by atoms with Crippen molar-refractivity contribution < 1.29 is 28.3 Å². The second-order valence-corrected chi connectivity index (χ2v) is 3.10. The zero-order chi connectivity index (χ0) is 13.4. The summed E-state index contributed by atoms with van der Waals surface area (Å²) in [7, 11) is 1.15. The van der Waals surface area contributed by atoms with Gasteiger partial charge < -0.3 is 20.6 Å². The van der Waals surface area contributed by atoms with E-state index in [1.165, 1.54) is 0 Å². The zero-order valence-electron chi connectivity index (χ0n) is 9.07. The van der Waals surface area contributed by atoms with Gasteiger partial charge in [0.15, 0.2) is 0 Å². The first kappa shape index (κ1) is 15.1. The second-order valence-electron chi connectivity index (χ2n) is 3.10. The monoisotopic (exact) mass is 253 g/mol. The molecule has 9 heteroatoms. The first-order chi connectivity index (χ1) is 7.82. The van der Waals surface area contributed by atoms with E-state index in [2.05, 4.69) is 5.32 Å². The second kappa shape index (κ2) is 7.36. The topological polar surface area (TPSA) is 98.7 Å². The van der Waals surface area contributed by atoms with Crippen molar-refractivity contribution in [3.8, 4) is 0 Å². The fourth-order valence-electron chi connectivity index (χ4n) is 0.817. The largest absolute Gasteiger partial charge is 0.480 e. The molecular formula is C8H13F2N3O4. The third-order valence-corrected chi connectivity index (χ3v) is 1.60. The SMILES string of the molecule is CN(CC(F)F)C(=O)NCC(=O)NCC(=O)O. The van der Waals surface area contributed by atoms with Gasteiger partial charge in [0.05, 0.1) is 13.1 Å². The molecule has 0 fully saturated rings. The maximum Gasteiger partial charge on any atom is 0.322 e. The molecule has 17 heavy (non-hydrogen) atoms. The number of carbonyl (C=O) groups is 3. The van der Waals surface area contributed by atoms with Crippen LogP contribution in [0.15, 0.2) is 0 Å². The molecule has 0 aromatic heterocycles. The van der Waals surface area contributed by atoms with Crippen molar-refractivity contribution in [2.45, 2.75) is 6.43 Å². The molecule has 7 nitrogen and oxygen atoms in total. The molecule has 3 N–H and O–H groups in total. The number of urea groups is 1. The summed E-state index contributed by atoms with van der Waals surface area (Å²) in [5, 5.41) is 12.3. The average Bonchev–Trinajstić information content (AvgIpc) is 2.21. The first-order valence-corrected chi connectivity index (χ1v) is 4.58. The summed E-state index contributed by atoms with van der Waals surface area (Å²) in [5.74, 6) is -1.94. The van der Waals surface area contributed by atoms with E-state index >= 15 is 0 Å². The third kappa shape index (κ3) is 7.94. The molecule has 98 valence electrons. The Morgan fingerprint density at radius 2 is 1.82 bits per heavy atom. The van der Waals surface area contributed by atoms with E-state index in [1.54, 1.807) is 0 Å².